The lowest BCUT2D eigenvalue weighted by molar-refractivity contribution is -0.753. The van der Waals surface area contributed by atoms with Gasteiger partial charge in [0, 0.05) is 44.5 Å². The number of anilines is 2. The van der Waals surface area contributed by atoms with Crippen LogP contribution in [0, 0.1) is 11.6 Å². The van der Waals surface area contributed by atoms with Crippen LogP contribution >= 0.6 is 0 Å². The number of piperazine rings is 1. The minimum atomic E-state index is -0.622. The molecule has 0 unspecified atom stereocenters. The van der Waals surface area contributed by atoms with E-state index in [2.05, 4.69) is 37.0 Å². The van der Waals surface area contributed by atoms with Gasteiger partial charge in [0.05, 0.1) is 12.2 Å². The zero-order chi connectivity index (χ0) is 26.1. The summed E-state index contributed by atoms with van der Waals surface area (Å²) in [5.41, 5.74) is 2.18. The summed E-state index contributed by atoms with van der Waals surface area (Å²) in [4.78, 5) is 17.8. The number of rotatable bonds is 7. The lowest BCUT2D eigenvalue weighted by Crippen LogP contribution is -2.45. The van der Waals surface area contributed by atoms with Crippen molar-refractivity contribution < 1.29 is 13.5 Å². The molecule has 0 amide bonds. The van der Waals surface area contributed by atoms with Crippen LogP contribution in [0.15, 0.2) is 42.9 Å². The fourth-order valence-corrected chi connectivity index (χ4v) is 4.98. The first-order chi connectivity index (χ1) is 17.8. The molecule has 1 saturated heterocycles. The largest absolute Gasteiger partial charge is 0.309 e. The minimum absolute atomic E-state index is 0.0281. The van der Waals surface area contributed by atoms with Gasteiger partial charge in [-0.15, -0.1) is 4.68 Å². The molecule has 8 nitrogen and oxygen atoms in total. The van der Waals surface area contributed by atoms with Crippen molar-refractivity contribution in [2.24, 2.45) is 7.05 Å². The first-order valence-electron chi connectivity index (χ1n) is 12.7. The predicted octanol–water partition coefficient (Wildman–Crippen LogP) is 4.06. The number of pyridine rings is 1. The predicted molar refractivity (Wildman–Crippen MR) is 139 cm³/mol. The van der Waals surface area contributed by atoms with Crippen LogP contribution in [0.2, 0.25) is 0 Å². The highest BCUT2D eigenvalue weighted by Gasteiger charge is 2.21. The molecule has 4 heterocycles. The molecule has 0 radical (unpaired) electrons. The first kappa shape index (κ1) is 25.2. The highest BCUT2D eigenvalue weighted by molar-refractivity contribution is 5.84. The Bertz CT molecular complexity index is 1390. The Balaban J connectivity index is 1.35. The number of aromatic nitrogens is 5. The smallest absolute Gasteiger partial charge is 0.229 e. The van der Waals surface area contributed by atoms with Crippen LogP contribution in [0.1, 0.15) is 32.4 Å². The van der Waals surface area contributed by atoms with Crippen molar-refractivity contribution in [3.05, 3.63) is 60.1 Å². The van der Waals surface area contributed by atoms with E-state index in [1.807, 2.05) is 48.6 Å². The number of nitrogens with zero attached hydrogens (tertiary/aromatic N) is 7. The minimum Gasteiger partial charge on any atom is -0.309 e. The van der Waals surface area contributed by atoms with E-state index in [9.17, 15) is 8.78 Å². The van der Waals surface area contributed by atoms with E-state index >= 15 is 0 Å². The van der Waals surface area contributed by atoms with Crippen molar-refractivity contribution >= 4 is 22.7 Å². The number of nitrogens with one attached hydrogen (secondary N) is 1. The summed E-state index contributed by atoms with van der Waals surface area (Å²) in [6.45, 7) is 12.4. The molecule has 3 aromatic heterocycles. The Kier molecular flexibility index (Phi) is 7.12. The second-order valence-corrected chi connectivity index (χ2v) is 9.81. The zero-order valence-corrected chi connectivity index (χ0v) is 21.7. The normalized spacial score (nSPS) is 15.1. The number of aryl methyl sites for hydroxylation is 1. The summed E-state index contributed by atoms with van der Waals surface area (Å²) in [7, 11) is 1.86. The summed E-state index contributed by atoms with van der Waals surface area (Å²) < 4.78 is 33.6. The summed E-state index contributed by atoms with van der Waals surface area (Å²) in [5, 5.41) is 3.52. The molecule has 0 saturated carbocycles. The molecule has 0 bridgehead atoms. The van der Waals surface area contributed by atoms with Crippen molar-refractivity contribution in [1.82, 2.24) is 29.4 Å². The van der Waals surface area contributed by atoms with Gasteiger partial charge in [0.15, 0.2) is 12.9 Å². The van der Waals surface area contributed by atoms with Crippen molar-refractivity contribution in [2.75, 3.05) is 38.0 Å². The van der Waals surface area contributed by atoms with E-state index in [0.29, 0.717) is 22.3 Å². The standard InChI is InChI=1S/C27H33F2N8/c1-5-35-8-10-36(11-9-35)16-19-6-7-25(30-14-19)32-27-31-15-23(29)26(33-27)20-12-22(28)21-17-34(4)37(18(2)3)24(21)13-20/h6-7,12-15,17-18H,5,8-11,16H2,1-4H3,(H,30,31,32,33)/q+1. The van der Waals surface area contributed by atoms with E-state index in [-0.39, 0.29) is 17.7 Å². The van der Waals surface area contributed by atoms with Crippen molar-refractivity contribution in [3.63, 3.8) is 0 Å². The number of hydrogen-bond donors (Lipinski definition) is 1. The molecule has 10 heteroatoms. The Labute approximate surface area is 215 Å². The molecular formula is C27H33F2N8+. The monoisotopic (exact) mass is 507 g/mol. The Hall–Kier alpha value is -3.50. The van der Waals surface area contributed by atoms with Crippen LogP contribution in [0.5, 0.6) is 0 Å². The van der Waals surface area contributed by atoms with Gasteiger partial charge in [-0.25, -0.2) is 23.7 Å². The van der Waals surface area contributed by atoms with Gasteiger partial charge >= 0.3 is 0 Å². The van der Waals surface area contributed by atoms with Crippen LogP contribution < -0.4 is 10.00 Å². The van der Waals surface area contributed by atoms with Crippen molar-refractivity contribution in [2.45, 2.75) is 33.4 Å². The summed E-state index contributed by atoms with van der Waals surface area (Å²) in [6.07, 6.45) is 4.67. The summed E-state index contributed by atoms with van der Waals surface area (Å²) in [5.74, 6) is -0.303. The number of fused-ring (bicyclic) bond motifs is 1. The molecule has 0 aliphatic carbocycles. The third-order valence-electron chi connectivity index (χ3n) is 6.90. The highest BCUT2D eigenvalue weighted by atomic mass is 19.1. The van der Waals surface area contributed by atoms with Crippen LogP contribution in [0.25, 0.3) is 22.2 Å². The van der Waals surface area contributed by atoms with Gasteiger partial charge in [0.25, 0.3) is 0 Å². The molecular weight excluding hydrogens is 474 g/mol. The number of likely N-dealkylation sites (N-methyl/N-ethyl adjacent to an activating group) is 1. The van der Waals surface area contributed by atoms with E-state index in [4.69, 9.17) is 0 Å². The average Bonchev–Trinajstić information content (AvgIpc) is 3.23. The second kappa shape index (κ2) is 10.5. The third kappa shape index (κ3) is 5.30. The average molecular weight is 508 g/mol. The lowest BCUT2D eigenvalue weighted by atomic mass is 10.1. The molecule has 0 spiro atoms. The van der Waals surface area contributed by atoms with Crippen LogP contribution in [0.4, 0.5) is 20.5 Å². The lowest BCUT2D eigenvalue weighted by Gasteiger charge is -2.33. The second-order valence-electron chi connectivity index (χ2n) is 9.81. The molecule has 1 aliphatic heterocycles. The van der Waals surface area contributed by atoms with E-state index in [1.165, 1.54) is 6.07 Å². The van der Waals surface area contributed by atoms with E-state index < -0.39 is 11.6 Å². The van der Waals surface area contributed by atoms with Gasteiger partial charge in [-0.3, -0.25) is 4.90 Å². The quantitative estimate of drug-likeness (QED) is 0.381. The number of benzene rings is 1. The van der Waals surface area contributed by atoms with Gasteiger partial charge in [-0.05, 0) is 44.2 Å². The molecule has 0 atom stereocenters. The summed E-state index contributed by atoms with van der Waals surface area (Å²) >= 11 is 0. The van der Waals surface area contributed by atoms with Crippen LogP contribution in [-0.4, -0.2) is 62.2 Å². The first-order valence-corrected chi connectivity index (χ1v) is 12.7. The molecule has 194 valence electrons. The fourth-order valence-electron chi connectivity index (χ4n) is 4.98. The number of hydrogen-bond acceptors (Lipinski definition) is 6. The molecule has 1 N–H and O–H groups in total. The zero-order valence-electron chi connectivity index (χ0n) is 21.7. The molecule has 4 aromatic rings. The molecule has 1 aliphatic rings. The summed E-state index contributed by atoms with van der Waals surface area (Å²) in [6, 6.07) is 7.07. The Morgan fingerprint density at radius 1 is 1.00 bits per heavy atom. The number of halogens is 2. The third-order valence-corrected chi connectivity index (χ3v) is 6.90. The molecule has 1 aromatic carbocycles. The van der Waals surface area contributed by atoms with Gasteiger partial charge in [-0.1, -0.05) is 13.0 Å². The fraction of sp³-hybridized carbons (Fsp3) is 0.407. The maximum absolute atomic E-state index is 15.0. The van der Waals surface area contributed by atoms with Crippen LogP contribution in [-0.2, 0) is 13.6 Å². The molecule has 37 heavy (non-hydrogen) atoms. The molecule has 1 fully saturated rings. The van der Waals surface area contributed by atoms with Crippen molar-refractivity contribution in [1.29, 1.82) is 0 Å². The van der Waals surface area contributed by atoms with Gasteiger partial charge in [0.1, 0.15) is 28.2 Å². The van der Waals surface area contributed by atoms with Crippen molar-refractivity contribution in [3.8, 4) is 11.3 Å². The van der Waals surface area contributed by atoms with Crippen LogP contribution in [0.3, 0.4) is 0 Å². The Morgan fingerprint density at radius 2 is 1.76 bits per heavy atom. The van der Waals surface area contributed by atoms with Gasteiger partial charge in [-0.2, -0.15) is 4.68 Å². The van der Waals surface area contributed by atoms with E-state index in [0.717, 1.165) is 51.0 Å². The topological polar surface area (TPSA) is 66.0 Å². The molecule has 5 rings (SSSR count). The van der Waals surface area contributed by atoms with Gasteiger partial charge in [0.2, 0.25) is 12.1 Å². The van der Waals surface area contributed by atoms with Gasteiger partial charge < -0.3 is 10.2 Å². The maximum Gasteiger partial charge on any atom is 0.229 e. The maximum atomic E-state index is 15.0. The SMILES string of the molecule is CCN1CCN(Cc2ccc(Nc3ncc(F)c(-c4cc(F)c5c[n+](C)n(C(C)C)c5c4)n3)nc2)CC1. The van der Waals surface area contributed by atoms with E-state index in [1.54, 1.807) is 12.3 Å². The highest BCUT2D eigenvalue weighted by Crippen LogP contribution is 2.29. The Morgan fingerprint density at radius 3 is 2.43 bits per heavy atom.